The van der Waals surface area contributed by atoms with E-state index in [9.17, 15) is 8.42 Å². The Hall–Kier alpha value is -2.49. The summed E-state index contributed by atoms with van der Waals surface area (Å²) in [6, 6.07) is 12.0. The van der Waals surface area contributed by atoms with Crippen molar-refractivity contribution in [2.45, 2.75) is 25.4 Å². The zero-order chi connectivity index (χ0) is 19.6. The van der Waals surface area contributed by atoms with Gasteiger partial charge in [0.05, 0.1) is 18.1 Å². The molecule has 4 rings (SSSR count). The maximum atomic E-state index is 11.2. The highest BCUT2D eigenvalue weighted by atomic mass is 32.2. The van der Waals surface area contributed by atoms with Crippen molar-refractivity contribution in [3.8, 4) is 11.3 Å². The lowest BCUT2D eigenvalue weighted by molar-refractivity contribution is 0.0903. The van der Waals surface area contributed by atoms with Gasteiger partial charge < -0.3 is 10.1 Å². The SMILES string of the molecule is CS(=O)(=O)NCc1ccc(-c2cnc3ccc(NC4CCOCC4)nn23)cc1. The normalized spacial score (nSPS) is 15.8. The van der Waals surface area contributed by atoms with Gasteiger partial charge in [0.2, 0.25) is 10.0 Å². The summed E-state index contributed by atoms with van der Waals surface area (Å²) in [5, 5.41) is 8.18. The largest absolute Gasteiger partial charge is 0.381 e. The third-order valence-electron chi connectivity index (χ3n) is 4.72. The molecule has 0 spiro atoms. The second-order valence-corrected chi connectivity index (χ2v) is 8.79. The molecule has 0 aliphatic carbocycles. The number of imidazole rings is 1. The average molecular weight is 401 g/mol. The van der Waals surface area contributed by atoms with E-state index in [1.165, 1.54) is 0 Å². The van der Waals surface area contributed by atoms with Crippen LogP contribution in [0.3, 0.4) is 0 Å². The van der Waals surface area contributed by atoms with E-state index < -0.39 is 10.0 Å². The molecule has 1 aliphatic rings. The first-order valence-corrected chi connectivity index (χ1v) is 11.1. The highest BCUT2D eigenvalue weighted by Crippen LogP contribution is 2.22. The summed E-state index contributed by atoms with van der Waals surface area (Å²) in [7, 11) is -3.21. The van der Waals surface area contributed by atoms with E-state index in [0.717, 1.165) is 60.6 Å². The highest BCUT2D eigenvalue weighted by molar-refractivity contribution is 7.88. The minimum atomic E-state index is -3.21. The molecule has 0 radical (unpaired) electrons. The van der Waals surface area contributed by atoms with Crippen LogP contribution in [-0.4, -0.2) is 48.5 Å². The fourth-order valence-corrected chi connectivity index (χ4v) is 3.63. The third kappa shape index (κ3) is 4.49. The molecular weight excluding hydrogens is 378 g/mol. The van der Waals surface area contributed by atoms with Crippen LogP contribution in [0, 0.1) is 0 Å². The smallest absolute Gasteiger partial charge is 0.209 e. The lowest BCUT2D eigenvalue weighted by atomic mass is 10.1. The number of benzene rings is 1. The van der Waals surface area contributed by atoms with Crippen molar-refractivity contribution in [2.75, 3.05) is 24.8 Å². The first kappa shape index (κ1) is 18.9. The average Bonchev–Trinajstić information content (AvgIpc) is 3.10. The molecule has 1 fully saturated rings. The Morgan fingerprint density at radius 2 is 1.89 bits per heavy atom. The van der Waals surface area contributed by atoms with E-state index in [1.807, 2.05) is 40.9 Å². The van der Waals surface area contributed by atoms with Crippen molar-refractivity contribution < 1.29 is 13.2 Å². The molecular formula is C19H23N5O3S. The van der Waals surface area contributed by atoms with Crippen molar-refractivity contribution in [1.82, 2.24) is 19.3 Å². The van der Waals surface area contributed by atoms with Crippen molar-refractivity contribution in [1.29, 1.82) is 0 Å². The van der Waals surface area contributed by atoms with Crippen molar-refractivity contribution in [3.05, 3.63) is 48.2 Å². The second kappa shape index (κ2) is 7.86. The molecule has 8 nitrogen and oxygen atoms in total. The fraction of sp³-hybridized carbons (Fsp3) is 0.368. The molecule has 28 heavy (non-hydrogen) atoms. The first-order valence-electron chi connectivity index (χ1n) is 9.21. The number of ether oxygens (including phenoxy) is 1. The molecule has 3 heterocycles. The Morgan fingerprint density at radius 1 is 1.14 bits per heavy atom. The summed E-state index contributed by atoms with van der Waals surface area (Å²) in [5.74, 6) is 0.813. The van der Waals surface area contributed by atoms with Crippen LogP contribution in [0.5, 0.6) is 0 Å². The summed E-state index contributed by atoms with van der Waals surface area (Å²) >= 11 is 0. The van der Waals surface area contributed by atoms with Gasteiger partial charge in [0.1, 0.15) is 5.82 Å². The van der Waals surface area contributed by atoms with E-state index in [4.69, 9.17) is 9.84 Å². The predicted molar refractivity (Wildman–Crippen MR) is 108 cm³/mol. The summed E-state index contributed by atoms with van der Waals surface area (Å²) in [6.07, 6.45) is 4.89. The fourth-order valence-electron chi connectivity index (χ4n) is 3.21. The Kier molecular flexibility index (Phi) is 5.29. The van der Waals surface area contributed by atoms with Gasteiger partial charge in [-0.1, -0.05) is 24.3 Å². The van der Waals surface area contributed by atoms with E-state index in [-0.39, 0.29) is 6.54 Å². The van der Waals surface area contributed by atoms with Crippen LogP contribution in [0.25, 0.3) is 16.9 Å². The summed E-state index contributed by atoms with van der Waals surface area (Å²) in [6.45, 7) is 1.82. The summed E-state index contributed by atoms with van der Waals surface area (Å²) < 4.78 is 32.2. The van der Waals surface area contributed by atoms with Crippen LogP contribution >= 0.6 is 0 Å². The third-order valence-corrected chi connectivity index (χ3v) is 5.39. The lowest BCUT2D eigenvalue weighted by Gasteiger charge is -2.23. The van der Waals surface area contributed by atoms with Crippen LogP contribution in [0.4, 0.5) is 5.82 Å². The number of nitrogens with one attached hydrogen (secondary N) is 2. The maximum absolute atomic E-state index is 11.2. The van der Waals surface area contributed by atoms with Gasteiger partial charge >= 0.3 is 0 Å². The maximum Gasteiger partial charge on any atom is 0.209 e. The van der Waals surface area contributed by atoms with Crippen LogP contribution in [0.2, 0.25) is 0 Å². The van der Waals surface area contributed by atoms with Gasteiger partial charge in [-0.3, -0.25) is 0 Å². The van der Waals surface area contributed by atoms with E-state index in [1.54, 1.807) is 6.20 Å². The zero-order valence-corrected chi connectivity index (χ0v) is 16.4. The molecule has 0 bridgehead atoms. The number of hydrogen-bond donors (Lipinski definition) is 2. The predicted octanol–water partition coefficient (Wildman–Crippen LogP) is 2.04. The van der Waals surface area contributed by atoms with Crippen LogP contribution < -0.4 is 10.0 Å². The number of anilines is 1. The van der Waals surface area contributed by atoms with Crippen LogP contribution in [0.1, 0.15) is 18.4 Å². The van der Waals surface area contributed by atoms with Gasteiger partial charge in [-0.25, -0.2) is 22.6 Å². The topological polar surface area (TPSA) is 97.6 Å². The summed E-state index contributed by atoms with van der Waals surface area (Å²) in [5.41, 5.74) is 3.51. The number of aromatic nitrogens is 3. The molecule has 148 valence electrons. The molecule has 0 amide bonds. The first-order chi connectivity index (χ1) is 13.5. The van der Waals surface area contributed by atoms with Crippen molar-refractivity contribution >= 4 is 21.5 Å². The molecule has 1 saturated heterocycles. The van der Waals surface area contributed by atoms with Gasteiger partial charge in [-0.2, -0.15) is 0 Å². The number of sulfonamides is 1. The standard InChI is InChI=1S/C19H23N5O3S/c1-28(25,26)21-12-14-2-4-15(5-3-14)17-13-20-19-7-6-18(23-24(17)19)22-16-8-10-27-11-9-16/h2-7,13,16,21H,8-12H2,1H3,(H,22,23). The molecule has 2 aromatic heterocycles. The molecule has 3 aromatic rings. The Morgan fingerprint density at radius 3 is 2.61 bits per heavy atom. The minimum absolute atomic E-state index is 0.268. The molecule has 0 atom stereocenters. The molecule has 1 aromatic carbocycles. The van der Waals surface area contributed by atoms with E-state index in [2.05, 4.69) is 15.0 Å². The van der Waals surface area contributed by atoms with Gasteiger partial charge in [-0.05, 0) is 30.5 Å². The number of nitrogens with zero attached hydrogens (tertiary/aromatic N) is 3. The van der Waals surface area contributed by atoms with Gasteiger partial charge in [-0.15, -0.1) is 5.10 Å². The van der Waals surface area contributed by atoms with Gasteiger partial charge in [0, 0.05) is 31.4 Å². The lowest BCUT2D eigenvalue weighted by Crippen LogP contribution is -2.28. The molecule has 9 heteroatoms. The zero-order valence-electron chi connectivity index (χ0n) is 15.6. The second-order valence-electron chi connectivity index (χ2n) is 6.95. The Labute approximate surface area is 164 Å². The minimum Gasteiger partial charge on any atom is -0.381 e. The quantitative estimate of drug-likeness (QED) is 0.656. The number of hydrogen-bond acceptors (Lipinski definition) is 6. The van der Waals surface area contributed by atoms with Crippen molar-refractivity contribution in [2.24, 2.45) is 0 Å². The monoisotopic (exact) mass is 401 g/mol. The van der Waals surface area contributed by atoms with Gasteiger partial charge in [0.15, 0.2) is 5.65 Å². The molecule has 0 saturated carbocycles. The Bertz CT molecular complexity index is 1060. The Balaban J connectivity index is 1.55. The molecule has 0 unspecified atom stereocenters. The number of fused-ring (bicyclic) bond motifs is 1. The van der Waals surface area contributed by atoms with E-state index in [0.29, 0.717) is 6.04 Å². The highest BCUT2D eigenvalue weighted by Gasteiger charge is 2.15. The number of rotatable bonds is 6. The van der Waals surface area contributed by atoms with Crippen LogP contribution in [-0.2, 0) is 21.3 Å². The van der Waals surface area contributed by atoms with E-state index >= 15 is 0 Å². The molecule has 1 aliphatic heterocycles. The summed E-state index contributed by atoms with van der Waals surface area (Å²) in [4.78, 5) is 4.44. The van der Waals surface area contributed by atoms with Crippen LogP contribution in [0.15, 0.2) is 42.6 Å². The van der Waals surface area contributed by atoms with Gasteiger partial charge in [0.25, 0.3) is 0 Å². The molecule has 2 N–H and O–H groups in total. The van der Waals surface area contributed by atoms with Crippen molar-refractivity contribution in [3.63, 3.8) is 0 Å².